The van der Waals surface area contributed by atoms with E-state index in [0.717, 1.165) is 34.9 Å². The van der Waals surface area contributed by atoms with E-state index in [0.29, 0.717) is 18.2 Å². The van der Waals surface area contributed by atoms with E-state index < -0.39 is 0 Å². The second-order valence-electron chi connectivity index (χ2n) is 9.05. The zero-order valence-corrected chi connectivity index (χ0v) is 19.1. The van der Waals surface area contributed by atoms with Gasteiger partial charge in [0.2, 0.25) is 5.91 Å². The van der Waals surface area contributed by atoms with Crippen molar-refractivity contribution in [2.24, 2.45) is 0 Å². The van der Waals surface area contributed by atoms with E-state index in [9.17, 15) is 9.59 Å². The van der Waals surface area contributed by atoms with Gasteiger partial charge in [0.25, 0.3) is 0 Å². The molecule has 1 N–H and O–H groups in total. The Labute approximate surface area is 190 Å². The lowest BCUT2D eigenvalue weighted by Gasteiger charge is -2.31. The SMILES string of the molecule is Cc1ccc(-c2cc(C=O)c3ccn(CC(=O)NCCN(C)C4CCCCC4)c3c2)cc1. The molecule has 5 nitrogen and oxygen atoms in total. The molecule has 1 aromatic heterocycles. The van der Waals surface area contributed by atoms with Crippen LogP contribution < -0.4 is 5.32 Å². The van der Waals surface area contributed by atoms with Crippen LogP contribution in [0.3, 0.4) is 0 Å². The number of benzene rings is 2. The van der Waals surface area contributed by atoms with Crippen LogP contribution in [0, 0.1) is 6.92 Å². The molecule has 0 saturated heterocycles. The number of aryl methyl sites for hydroxylation is 1. The van der Waals surface area contributed by atoms with Gasteiger partial charge >= 0.3 is 0 Å². The highest BCUT2D eigenvalue weighted by atomic mass is 16.2. The molecular weight excluding hydrogens is 398 g/mol. The van der Waals surface area contributed by atoms with Gasteiger partial charge in [0, 0.05) is 41.8 Å². The molecular formula is C27H33N3O2. The normalized spacial score (nSPS) is 14.7. The van der Waals surface area contributed by atoms with E-state index in [-0.39, 0.29) is 12.5 Å². The molecule has 1 saturated carbocycles. The molecule has 0 bridgehead atoms. The summed E-state index contributed by atoms with van der Waals surface area (Å²) in [6.07, 6.45) is 9.30. The van der Waals surface area contributed by atoms with Crippen molar-refractivity contribution in [1.29, 1.82) is 0 Å². The van der Waals surface area contributed by atoms with Crippen LogP contribution in [0.4, 0.5) is 0 Å². The highest BCUT2D eigenvalue weighted by Gasteiger charge is 2.18. The second-order valence-corrected chi connectivity index (χ2v) is 9.05. The summed E-state index contributed by atoms with van der Waals surface area (Å²) in [6.45, 7) is 3.82. The van der Waals surface area contributed by atoms with Gasteiger partial charge in [0.05, 0.1) is 0 Å². The molecule has 1 amide bonds. The molecule has 1 fully saturated rings. The molecule has 0 radical (unpaired) electrons. The molecule has 1 aliphatic carbocycles. The van der Waals surface area contributed by atoms with E-state index >= 15 is 0 Å². The molecule has 0 atom stereocenters. The summed E-state index contributed by atoms with van der Waals surface area (Å²) >= 11 is 0. The van der Waals surface area contributed by atoms with Gasteiger partial charge in [-0.25, -0.2) is 0 Å². The number of hydrogen-bond donors (Lipinski definition) is 1. The van der Waals surface area contributed by atoms with Crippen LogP contribution in [0.15, 0.2) is 48.7 Å². The molecule has 5 heteroatoms. The lowest BCUT2D eigenvalue weighted by Crippen LogP contribution is -2.40. The van der Waals surface area contributed by atoms with Gasteiger partial charge < -0.3 is 14.8 Å². The summed E-state index contributed by atoms with van der Waals surface area (Å²) in [6, 6.07) is 14.8. The summed E-state index contributed by atoms with van der Waals surface area (Å²) in [5.41, 5.74) is 4.78. The van der Waals surface area contributed by atoms with Gasteiger partial charge in [-0.05, 0) is 56.1 Å². The first-order chi connectivity index (χ1) is 15.5. The highest BCUT2D eigenvalue weighted by molar-refractivity contribution is 6.00. The topological polar surface area (TPSA) is 54.3 Å². The fraction of sp³-hybridized carbons (Fsp3) is 0.407. The predicted octanol–water partition coefficient (Wildman–Crippen LogP) is 4.81. The van der Waals surface area contributed by atoms with Crippen LogP contribution in [0.2, 0.25) is 0 Å². The molecule has 2 aromatic carbocycles. The number of likely N-dealkylation sites (N-methyl/N-ethyl adjacent to an activating group) is 1. The molecule has 3 aromatic rings. The van der Waals surface area contributed by atoms with Gasteiger partial charge in [0.15, 0.2) is 6.29 Å². The summed E-state index contributed by atoms with van der Waals surface area (Å²) in [5, 5.41) is 3.94. The number of nitrogens with one attached hydrogen (secondary N) is 1. The number of hydrogen-bond acceptors (Lipinski definition) is 3. The third-order valence-corrected chi connectivity index (χ3v) is 6.73. The largest absolute Gasteiger partial charge is 0.353 e. The van der Waals surface area contributed by atoms with Crippen molar-refractivity contribution in [1.82, 2.24) is 14.8 Å². The monoisotopic (exact) mass is 431 g/mol. The fourth-order valence-electron chi connectivity index (χ4n) is 4.76. The Morgan fingerprint density at radius 3 is 2.56 bits per heavy atom. The Morgan fingerprint density at radius 1 is 1.09 bits per heavy atom. The number of amides is 1. The van der Waals surface area contributed by atoms with Crippen LogP contribution in [0.25, 0.3) is 22.0 Å². The summed E-state index contributed by atoms with van der Waals surface area (Å²) in [4.78, 5) is 26.8. The zero-order chi connectivity index (χ0) is 22.5. The van der Waals surface area contributed by atoms with Gasteiger partial charge in [0.1, 0.15) is 6.54 Å². The lowest BCUT2D eigenvalue weighted by molar-refractivity contribution is -0.121. The van der Waals surface area contributed by atoms with Gasteiger partial charge in [-0.1, -0.05) is 49.1 Å². The minimum atomic E-state index is -0.00654. The molecule has 0 spiro atoms. The fourth-order valence-corrected chi connectivity index (χ4v) is 4.76. The summed E-state index contributed by atoms with van der Waals surface area (Å²) in [7, 11) is 2.16. The molecule has 1 heterocycles. The first-order valence-corrected chi connectivity index (χ1v) is 11.7. The maximum absolute atomic E-state index is 12.6. The summed E-state index contributed by atoms with van der Waals surface area (Å²) in [5.74, 6) is -0.00654. The minimum absolute atomic E-state index is 0.00654. The Hall–Kier alpha value is -2.92. The number of fused-ring (bicyclic) bond motifs is 1. The molecule has 4 rings (SSSR count). The molecule has 32 heavy (non-hydrogen) atoms. The van der Waals surface area contributed by atoms with E-state index in [2.05, 4.69) is 54.5 Å². The second kappa shape index (κ2) is 10.1. The van der Waals surface area contributed by atoms with Crippen LogP contribution in [-0.4, -0.2) is 47.8 Å². The standard InChI is InChI=1S/C27H33N3O2/c1-20-8-10-21(11-9-20)22-16-23(19-31)25-12-14-30(26(25)17-22)18-27(32)28-13-15-29(2)24-6-4-3-5-7-24/h8-12,14,16-17,19,24H,3-7,13,15,18H2,1-2H3,(H,28,32). The van der Waals surface area contributed by atoms with Crippen LogP contribution in [-0.2, 0) is 11.3 Å². The van der Waals surface area contributed by atoms with E-state index in [1.165, 1.54) is 37.7 Å². The minimum Gasteiger partial charge on any atom is -0.353 e. The Bertz CT molecular complexity index is 1080. The first kappa shape index (κ1) is 22.3. The number of carbonyl (C=O) groups is 2. The molecule has 168 valence electrons. The average molecular weight is 432 g/mol. The van der Waals surface area contributed by atoms with E-state index in [4.69, 9.17) is 0 Å². The maximum Gasteiger partial charge on any atom is 0.239 e. The van der Waals surface area contributed by atoms with E-state index in [1.54, 1.807) is 0 Å². The van der Waals surface area contributed by atoms with Crippen molar-refractivity contribution in [3.8, 4) is 11.1 Å². The first-order valence-electron chi connectivity index (χ1n) is 11.7. The van der Waals surface area contributed by atoms with Crippen molar-refractivity contribution in [2.45, 2.75) is 51.6 Å². The van der Waals surface area contributed by atoms with E-state index in [1.807, 2.05) is 22.9 Å². The van der Waals surface area contributed by atoms with Crippen molar-refractivity contribution in [3.05, 3.63) is 59.8 Å². The number of carbonyl (C=O) groups excluding carboxylic acids is 2. The predicted molar refractivity (Wildman–Crippen MR) is 130 cm³/mol. The van der Waals surface area contributed by atoms with Gasteiger partial charge in [-0.3, -0.25) is 9.59 Å². The van der Waals surface area contributed by atoms with Crippen LogP contribution >= 0.6 is 0 Å². The third-order valence-electron chi connectivity index (χ3n) is 6.73. The quantitative estimate of drug-likeness (QED) is 0.521. The number of aromatic nitrogens is 1. The molecule has 0 aliphatic heterocycles. The Morgan fingerprint density at radius 2 is 1.84 bits per heavy atom. The van der Waals surface area contributed by atoms with Crippen molar-refractivity contribution in [3.63, 3.8) is 0 Å². The molecule has 1 aliphatic rings. The van der Waals surface area contributed by atoms with Crippen LogP contribution in [0.5, 0.6) is 0 Å². The Balaban J connectivity index is 1.44. The number of nitrogens with zero attached hydrogens (tertiary/aromatic N) is 2. The van der Waals surface area contributed by atoms with Gasteiger partial charge in [-0.15, -0.1) is 0 Å². The summed E-state index contributed by atoms with van der Waals surface area (Å²) < 4.78 is 1.93. The van der Waals surface area contributed by atoms with Crippen molar-refractivity contribution >= 4 is 23.1 Å². The zero-order valence-electron chi connectivity index (χ0n) is 19.1. The lowest BCUT2D eigenvalue weighted by atomic mass is 9.94. The van der Waals surface area contributed by atoms with Crippen LogP contribution in [0.1, 0.15) is 48.0 Å². The van der Waals surface area contributed by atoms with Crippen molar-refractivity contribution < 1.29 is 9.59 Å². The third kappa shape index (κ3) is 5.10. The highest BCUT2D eigenvalue weighted by Crippen LogP contribution is 2.28. The number of rotatable bonds is 8. The molecule has 0 unspecified atom stereocenters. The average Bonchev–Trinajstić information content (AvgIpc) is 3.22. The van der Waals surface area contributed by atoms with Gasteiger partial charge in [-0.2, -0.15) is 0 Å². The van der Waals surface area contributed by atoms with Crippen molar-refractivity contribution in [2.75, 3.05) is 20.1 Å². The Kier molecular flexibility index (Phi) is 7.05. The number of aldehydes is 1. The maximum atomic E-state index is 12.6. The smallest absolute Gasteiger partial charge is 0.239 e.